The minimum Gasteiger partial charge on any atom is -0.462 e. The number of ether oxygens (including phenoxy) is 3. The predicted octanol–water partition coefficient (Wildman–Crippen LogP) is 15.0. The first-order valence-electron chi connectivity index (χ1n) is 23.7. The van der Waals surface area contributed by atoms with Gasteiger partial charge in [-0.2, -0.15) is 0 Å². The third kappa shape index (κ3) is 41.3. The summed E-state index contributed by atoms with van der Waals surface area (Å²) in [5.74, 6) is -0.868. The van der Waals surface area contributed by atoms with Crippen molar-refractivity contribution in [1.29, 1.82) is 0 Å². The molecule has 0 aromatic carbocycles. The number of carbonyl (C=O) groups excluding carboxylic acids is 3. The van der Waals surface area contributed by atoms with Gasteiger partial charge in [-0.25, -0.2) is 0 Å². The Balaban J connectivity index is 4.34. The number of rotatable bonds is 43. The van der Waals surface area contributed by atoms with E-state index in [0.717, 1.165) is 64.2 Å². The van der Waals surface area contributed by atoms with Crippen molar-refractivity contribution >= 4 is 17.9 Å². The van der Waals surface area contributed by atoms with Gasteiger partial charge in [-0.1, -0.05) is 213 Å². The normalized spacial score (nSPS) is 12.0. The van der Waals surface area contributed by atoms with Crippen molar-refractivity contribution in [2.45, 2.75) is 264 Å². The minimum absolute atomic E-state index is 0.0679. The van der Waals surface area contributed by atoms with Gasteiger partial charge in [-0.3, -0.25) is 14.4 Å². The molecule has 0 radical (unpaired) electrons. The molecule has 0 amide bonds. The van der Waals surface area contributed by atoms with E-state index in [1.165, 1.54) is 154 Å². The van der Waals surface area contributed by atoms with Crippen molar-refractivity contribution in [2.24, 2.45) is 0 Å². The molecule has 6 nitrogen and oxygen atoms in total. The van der Waals surface area contributed by atoms with Gasteiger partial charge in [0.1, 0.15) is 13.2 Å². The summed E-state index contributed by atoms with van der Waals surface area (Å²) < 4.78 is 16.7. The summed E-state index contributed by atoms with van der Waals surface area (Å²) in [7, 11) is 0. The first kappa shape index (κ1) is 52.2. The van der Waals surface area contributed by atoms with Crippen LogP contribution in [0, 0.1) is 0 Å². The van der Waals surface area contributed by atoms with E-state index in [1.54, 1.807) is 0 Å². The van der Waals surface area contributed by atoms with Gasteiger partial charge >= 0.3 is 17.9 Å². The van der Waals surface area contributed by atoms with Crippen molar-refractivity contribution in [3.8, 4) is 0 Å². The minimum atomic E-state index is -0.764. The lowest BCUT2D eigenvalue weighted by Crippen LogP contribution is -2.30. The standard InChI is InChI=1S/C48H90O6/c1-4-7-10-13-16-19-22-24-27-30-33-36-39-42-48(51)54-45(43-52-46(49)40-37-34-31-28-25-21-18-15-12-9-6-3)44-53-47(50)41-38-35-32-29-26-23-20-17-14-11-8-5-2/h15,18,45H,4-14,16-17,19-44H2,1-3H3/b18-15-/t45-/m1/s1. The van der Waals surface area contributed by atoms with Gasteiger partial charge in [-0.05, 0) is 38.5 Å². The average molecular weight is 763 g/mol. The van der Waals surface area contributed by atoms with Gasteiger partial charge in [-0.15, -0.1) is 0 Å². The van der Waals surface area contributed by atoms with E-state index in [2.05, 4.69) is 32.9 Å². The first-order chi connectivity index (χ1) is 26.5. The quantitative estimate of drug-likeness (QED) is 0.0266. The fourth-order valence-electron chi connectivity index (χ4n) is 6.89. The SMILES string of the molecule is CCCC/C=C\CCCCCCCC(=O)OC[C@H](COC(=O)CCCCCCCCCCCCCC)OC(=O)CCCCCCCCCCCCCCC. The van der Waals surface area contributed by atoms with Crippen LogP contribution in [0.2, 0.25) is 0 Å². The fourth-order valence-corrected chi connectivity index (χ4v) is 6.89. The molecule has 0 spiro atoms. The monoisotopic (exact) mass is 763 g/mol. The molecule has 0 unspecified atom stereocenters. The maximum atomic E-state index is 12.7. The number of unbranched alkanes of at least 4 members (excludes halogenated alkanes) is 30. The molecule has 0 heterocycles. The molecule has 6 heteroatoms. The molecule has 0 N–H and O–H groups in total. The number of allylic oxidation sites excluding steroid dienone is 2. The maximum absolute atomic E-state index is 12.7. The van der Waals surface area contributed by atoms with Crippen LogP contribution < -0.4 is 0 Å². The lowest BCUT2D eigenvalue weighted by Gasteiger charge is -2.18. The Morgan fingerprint density at radius 3 is 0.981 bits per heavy atom. The maximum Gasteiger partial charge on any atom is 0.306 e. The Morgan fingerprint density at radius 2 is 0.630 bits per heavy atom. The molecule has 0 saturated heterocycles. The molecule has 0 aliphatic heterocycles. The molecule has 0 aromatic rings. The van der Waals surface area contributed by atoms with Crippen LogP contribution in [0.15, 0.2) is 12.2 Å². The van der Waals surface area contributed by atoms with Crippen molar-refractivity contribution in [3.63, 3.8) is 0 Å². The molecule has 0 fully saturated rings. The first-order valence-corrected chi connectivity index (χ1v) is 23.7. The zero-order valence-corrected chi connectivity index (χ0v) is 36.3. The summed E-state index contributed by atoms with van der Waals surface area (Å²) in [5.41, 5.74) is 0. The zero-order chi connectivity index (χ0) is 39.4. The van der Waals surface area contributed by atoms with Gasteiger partial charge in [0.2, 0.25) is 0 Å². The van der Waals surface area contributed by atoms with Gasteiger partial charge in [0.25, 0.3) is 0 Å². The van der Waals surface area contributed by atoms with Crippen LogP contribution in [0.5, 0.6) is 0 Å². The van der Waals surface area contributed by atoms with E-state index in [-0.39, 0.29) is 31.1 Å². The summed E-state index contributed by atoms with van der Waals surface area (Å²) in [4.78, 5) is 37.7. The number of esters is 3. The zero-order valence-electron chi connectivity index (χ0n) is 36.3. The van der Waals surface area contributed by atoms with E-state index in [9.17, 15) is 14.4 Å². The van der Waals surface area contributed by atoms with E-state index in [0.29, 0.717) is 19.3 Å². The van der Waals surface area contributed by atoms with Crippen molar-refractivity contribution in [2.75, 3.05) is 13.2 Å². The lowest BCUT2D eigenvalue weighted by molar-refractivity contribution is -0.167. The second kappa shape index (κ2) is 43.9. The van der Waals surface area contributed by atoms with Gasteiger partial charge in [0.15, 0.2) is 6.10 Å². The van der Waals surface area contributed by atoms with Crippen LogP contribution >= 0.6 is 0 Å². The highest BCUT2D eigenvalue weighted by Crippen LogP contribution is 2.15. The van der Waals surface area contributed by atoms with Crippen LogP contribution in [-0.2, 0) is 28.6 Å². The molecule has 0 aliphatic carbocycles. The van der Waals surface area contributed by atoms with E-state index < -0.39 is 6.10 Å². The number of hydrogen-bond acceptors (Lipinski definition) is 6. The Kier molecular flexibility index (Phi) is 42.4. The molecule has 0 aromatic heterocycles. The molecular weight excluding hydrogens is 673 g/mol. The lowest BCUT2D eigenvalue weighted by atomic mass is 10.0. The predicted molar refractivity (Wildman–Crippen MR) is 229 cm³/mol. The Labute approximate surface area is 335 Å². The summed E-state index contributed by atoms with van der Waals surface area (Å²) in [6, 6.07) is 0. The Morgan fingerprint density at radius 1 is 0.352 bits per heavy atom. The second-order valence-electron chi connectivity index (χ2n) is 16.0. The molecule has 318 valence electrons. The van der Waals surface area contributed by atoms with E-state index >= 15 is 0 Å². The molecule has 0 aliphatic rings. The summed E-state index contributed by atoms with van der Waals surface area (Å²) in [5, 5.41) is 0. The van der Waals surface area contributed by atoms with Gasteiger partial charge < -0.3 is 14.2 Å². The highest BCUT2D eigenvalue weighted by atomic mass is 16.6. The van der Waals surface area contributed by atoms with Crippen molar-refractivity contribution in [3.05, 3.63) is 12.2 Å². The molecule has 1 atom stereocenters. The highest BCUT2D eigenvalue weighted by molar-refractivity contribution is 5.71. The van der Waals surface area contributed by atoms with E-state index in [4.69, 9.17) is 14.2 Å². The Bertz CT molecular complexity index is 839. The van der Waals surface area contributed by atoms with Crippen LogP contribution in [0.1, 0.15) is 258 Å². The number of hydrogen-bond donors (Lipinski definition) is 0. The summed E-state index contributed by atoms with van der Waals surface area (Å²) >= 11 is 0. The fraction of sp³-hybridized carbons (Fsp3) is 0.896. The van der Waals surface area contributed by atoms with Crippen LogP contribution in [0.4, 0.5) is 0 Å². The smallest absolute Gasteiger partial charge is 0.306 e. The third-order valence-corrected chi connectivity index (χ3v) is 10.5. The van der Waals surface area contributed by atoms with Crippen LogP contribution in [0.25, 0.3) is 0 Å². The van der Waals surface area contributed by atoms with Crippen LogP contribution in [0.3, 0.4) is 0 Å². The molecule has 54 heavy (non-hydrogen) atoms. The molecular formula is C48H90O6. The highest BCUT2D eigenvalue weighted by Gasteiger charge is 2.19. The van der Waals surface area contributed by atoms with Crippen molar-refractivity contribution < 1.29 is 28.6 Å². The van der Waals surface area contributed by atoms with Crippen molar-refractivity contribution in [1.82, 2.24) is 0 Å². The second-order valence-corrected chi connectivity index (χ2v) is 16.0. The Hall–Kier alpha value is -1.85. The van der Waals surface area contributed by atoms with Gasteiger partial charge in [0, 0.05) is 19.3 Å². The van der Waals surface area contributed by atoms with E-state index in [1.807, 2.05) is 0 Å². The molecule has 0 rings (SSSR count). The third-order valence-electron chi connectivity index (χ3n) is 10.5. The molecule has 0 bridgehead atoms. The van der Waals surface area contributed by atoms with Crippen LogP contribution in [-0.4, -0.2) is 37.2 Å². The largest absolute Gasteiger partial charge is 0.462 e. The molecule has 0 saturated carbocycles. The van der Waals surface area contributed by atoms with Gasteiger partial charge in [0.05, 0.1) is 0 Å². The summed E-state index contributed by atoms with van der Waals surface area (Å²) in [6.45, 7) is 6.60. The number of carbonyl (C=O) groups is 3. The summed E-state index contributed by atoms with van der Waals surface area (Å²) in [6.07, 6.45) is 46.1. The average Bonchev–Trinajstić information content (AvgIpc) is 3.17. The topological polar surface area (TPSA) is 78.9 Å².